The Kier molecular flexibility index (Phi) is 23.6. The van der Waals surface area contributed by atoms with E-state index in [-0.39, 0.29) is 58.2 Å². The van der Waals surface area contributed by atoms with Crippen LogP contribution < -0.4 is 0 Å². The molecule has 6 aromatic rings. The Balaban J connectivity index is 0.000000285. The van der Waals surface area contributed by atoms with E-state index in [9.17, 15) is 14.4 Å². The van der Waals surface area contributed by atoms with Gasteiger partial charge in [0.1, 0.15) is 0 Å². The molecule has 0 amide bonds. The number of benzene rings is 6. The molecule has 6 rings (SSSR count). The van der Waals surface area contributed by atoms with E-state index >= 15 is 0 Å². The smallest absolute Gasteiger partial charge is 0.178 e. The van der Waals surface area contributed by atoms with Crippen molar-refractivity contribution in [2.45, 2.75) is 0 Å². The van der Waals surface area contributed by atoms with Gasteiger partial charge >= 0.3 is 0 Å². The molecule has 0 heterocycles. The molecular formula is C51H42O3Pd2. The molecule has 0 aliphatic rings. The Hall–Kier alpha value is -5.91. The largest absolute Gasteiger partial charge is 0.290 e. The van der Waals surface area contributed by atoms with E-state index in [0.717, 1.165) is 33.4 Å². The zero-order valence-corrected chi connectivity index (χ0v) is 33.7. The zero-order chi connectivity index (χ0) is 37.9. The second kappa shape index (κ2) is 28.5. The van der Waals surface area contributed by atoms with Crippen molar-refractivity contribution in [1.29, 1.82) is 0 Å². The predicted octanol–water partition coefficient (Wildman–Crippen LogP) is 11.9. The summed E-state index contributed by atoms with van der Waals surface area (Å²) >= 11 is 0. The van der Waals surface area contributed by atoms with Crippen LogP contribution in [0.3, 0.4) is 0 Å². The summed E-state index contributed by atoms with van der Waals surface area (Å²) in [6.07, 6.45) is 20.4. The fourth-order valence-electron chi connectivity index (χ4n) is 4.62. The van der Waals surface area contributed by atoms with Crippen LogP contribution in [0.25, 0.3) is 36.5 Å². The number of ketones is 3. The summed E-state index contributed by atoms with van der Waals surface area (Å²) in [5.41, 5.74) is 6.16. The second-order valence-electron chi connectivity index (χ2n) is 11.7. The van der Waals surface area contributed by atoms with Crippen molar-refractivity contribution in [3.8, 4) is 0 Å². The maximum Gasteiger partial charge on any atom is 0.178 e. The molecule has 0 spiro atoms. The van der Waals surface area contributed by atoms with E-state index in [2.05, 4.69) is 0 Å². The van der Waals surface area contributed by atoms with Crippen LogP contribution in [-0.2, 0) is 55.2 Å². The molecule has 56 heavy (non-hydrogen) atoms. The fraction of sp³-hybridized carbons (Fsp3) is 0. The summed E-state index contributed by atoms with van der Waals surface area (Å²) in [6.45, 7) is 0. The first-order valence-corrected chi connectivity index (χ1v) is 17.5. The second-order valence-corrected chi connectivity index (χ2v) is 11.7. The first-order chi connectivity index (χ1) is 26.5. The summed E-state index contributed by atoms with van der Waals surface area (Å²) in [6, 6.07) is 58.7. The Morgan fingerprint density at radius 2 is 0.357 bits per heavy atom. The fourth-order valence-corrected chi connectivity index (χ4v) is 4.62. The normalized spacial score (nSPS) is 10.7. The van der Waals surface area contributed by atoms with Crippen molar-refractivity contribution in [1.82, 2.24) is 0 Å². The van der Waals surface area contributed by atoms with Gasteiger partial charge in [-0.25, -0.2) is 0 Å². The van der Waals surface area contributed by atoms with Crippen molar-refractivity contribution in [2.75, 3.05) is 0 Å². The third-order valence-corrected chi connectivity index (χ3v) is 7.44. The van der Waals surface area contributed by atoms with Gasteiger partial charge in [0, 0.05) is 40.8 Å². The van der Waals surface area contributed by atoms with Gasteiger partial charge in [0.15, 0.2) is 17.3 Å². The molecule has 0 atom stereocenters. The summed E-state index contributed by atoms with van der Waals surface area (Å²) in [4.78, 5) is 34.8. The van der Waals surface area contributed by atoms with Gasteiger partial charge in [-0.15, -0.1) is 0 Å². The summed E-state index contributed by atoms with van der Waals surface area (Å²) in [7, 11) is 0. The topological polar surface area (TPSA) is 51.2 Å². The molecule has 5 heteroatoms. The average molecular weight is 916 g/mol. The van der Waals surface area contributed by atoms with Crippen molar-refractivity contribution in [3.05, 3.63) is 252 Å². The molecular weight excluding hydrogens is 873 g/mol. The van der Waals surface area contributed by atoms with Gasteiger partial charge < -0.3 is 0 Å². The van der Waals surface area contributed by atoms with Crippen molar-refractivity contribution in [2.24, 2.45) is 0 Å². The van der Waals surface area contributed by atoms with Crippen LogP contribution in [0.2, 0.25) is 0 Å². The summed E-state index contributed by atoms with van der Waals surface area (Å²) in [5.74, 6) is -0.0341. The van der Waals surface area contributed by atoms with Crippen LogP contribution in [0.15, 0.2) is 218 Å². The van der Waals surface area contributed by atoms with Crippen LogP contribution in [0, 0.1) is 0 Å². The van der Waals surface area contributed by atoms with Crippen LogP contribution >= 0.6 is 0 Å². The first-order valence-electron chi connectivity index (χ1n) is 17.5. The van der Waals surface area contributed by atoms with Crippen molar-refractivity contribution >= 4 is 53.8 Å². The molecule has 0 bridgehead atoms. The molecule has 0 saturated carbocycles. The molecule has 284 valence electrons. The number of hydrogen-bond acceptors (Lipinski definition) is 3. The van der Waals surface area contributed by atoms with Crippen LogP contribution in [-0.4, -0.2) is 17.3 Å². The molecule has 0 aromatic heterocycles. The van der Waals surface area contributed by atoms with Gasteiger partial charge in [-0.2, -0.15) is 0 Å². The SMILES string of the molecule is O=C(C=Cc1ccccc1)/C=C/c1ccccc1.O=C(C=Cc1ccccc1)/C=C/c1ccccc1.O=C(C=Cc1ccccc1)/C=C/c1ccccc1.[Pd].[Pd]. The summed E-state index contributed by atoms with van der Waals surface area (Å²) < 4.78 is 0. The number of carbonyl (C=O) groups excluding carboxylic acids is 3. The minimum absolute atomic E-state index is 0. The van der Waals surface area contributed by atoms with E-state index < -0.39 is 0 Å². The van der Waals surface area contributed by atoms with Crippen LogP contribution in [0.1, 0.15) is 33.4 Å². The quantitative estimate of drug-likeness (QED) is 0.0908. The molecule has 0 saturated heterocycles. The van der Waals surface area contributed by atoms with Crippen LogP contribution in [0.5, 0.6) is 0 Å². The number of hydrogen-bond donors (Lipinski definition) is 0. The monoisotopic (exact) mass is 914 g/mol. The van der Waals surface area contributed by atoms with Crippen LogP contribution in [0.4, 0.5) is 0 Å². The predicted molar refractivity (Wildman–Crippen MR) is 228 cm³/mol. The van der Waals surface area contributed by atoms with Gasteiger partial charge in [0.2, 0.25) is 0 Å². The number of carbonyl (C=O) groups is 3. The first kappa shape index (κ1) is 46.2. The van der Waals surface area contributed by atoms with E-state index in [1.54, 1.807) is 36.5 Å². The van der Waals surface area contributed by atoms with Gasteiger partial charge in [0.05, 0.1) is 0 Å². The molecule has 0 radical (unpaired) electrons. The van der Waals surface area contributed by atoms with Crippen molar-refractivity contribution < 1.29 is 55.2 Å². The average Bonchev–Trinajstić information content (AvgIpc) is 3.24. The molecule has 0 unspecified atom stereocenters. The third kappa shape index (κ3) is 20.5. The van der Waals surface area contributed by atoms with Gasteiger partial charge in [-0.1, -0.05) is 218 Å². The molecule has 0 aliphatic carbocycles. The van der Waals surface area contributed by atoms with Crippen molar-refractivity contribution in [3.63, 3.8) is 0 Å². The van der Waals surface area contributed by atoms with E-state index in [4.69, 9.17) is 0 Å². The van der Waals surface area contributed by atoms with Gasteiger partial charge in [0.25, 0.3) is 0 Å². The summed E-state index contributed by atoms with van der Waals surface area (Å²) in [5, 5.41) is 0. The van der Waals surface area contributed by atoms with E-state index in [1.807, 2.05) is 218 Å². The third-order valence-electron chi connectivity index (χ3n) is 7.44. The Bertz CT molecular complexity index is 1760. The van der Waals surface area contributed by atoms with Gasteiger partial charge in [-0.3, -0.25) is 14.4 Å². The standard InChI is InChI=1S/3C17H14O.2Pd/c3*18-17(13-11-15-7-3-1-4-8-15)14-12-16-9-5-2-6-10-16;;/h3*1-14H;;/b3*13-11+,14-12?;;. The Morgan fingerprint density at radius 1 is 0.232 bits per heavy atom. The van der Waals surface area contributed by atoms with E-state index in [1.165, 1.54) is 0 Å². The molecule has 6 aromatic carbocycles. The number of allylic oxidation sites excluding steroid dienone is 6. The minimum Gasteiger partial charge on any atom is -0.290 e. The molecule has 0 fully saturated rings. The maximum absolute atomic E-state index is 11.6. The molecule has 3 nitrogen and oxygen atoms in total. The minimum atomic E-state index is -0.0114. The maximum atomic E-state index is 11.6. The van der Waals surface area contributed by atoms with Gasteiger partial charge in [-0.05, 0) is 69.8 Å². The Labute approximate surface area is 358 Å². The van der Waals surface area contributed by atoms with E-state index in [0.29, 0.717) is 0 Å². The Morgan fingerprint density at radius 3 is 0.482 bits per heavy atom. The molecule has 0 aliphatic heterocycles. The molecule has 0 N–H and O–H groups in total. The zero-order valence-electron chi connectivity index (χ0n) is 30.6. The number of rotatable bonds is 12.